The SMILES string of the molecule is CCOC(=O)COc1cc(-c2cc(=O)c3c(OCC(=O)OCC)cc(OCC4=COC(C)(C)O4)cc3o2)ccc1OC. The molecule has 4 rings (SSSR count). The predicted octanol–water partition coefficient (Wildman–Crippen LogP) is 4.36. The normalized spacial score (nSPS) is 13.4. The van der Waals surface area contributed by atoms with Crippen LogP contribution in [0.5, 0.6) is 23.0 Å². The van der Waals surface area contributed by atoms with Crippen molar-refractivity contribution in [1.82, 2.24) is 0 Å². The summed E-state index contributed by atoms with van der Waals surface area (Å²) >= 11 is 0. The number of benzene rings is 2. The monoisotopic (exact) mass is 584 g/mol. The molecule has 0 aliphatic carbocycles. The molecule has 224 valence electrons. The van der Waals surface area contributed by atoms with Crippen LogP contribution in [0.2, 0.25) is 0 Å². The molecule has 2 heterocycles. The lowest BCUT2D eigenvalue weighted by atomic mass is 10.1. The van der Waals surface area contributed by atoms with Gasteiger partial charge in [-0.15, -0.1) is 0 Å². The van der Waals surface area contributed by atoms with Crippen LogP contribution in [-0.4, -0.2) is 57.9 Å². The average Bonchev–Trinajstić information content (AvgIpc) is 3.31. The van der Waals surface area contributed by atoms with E-state index in [-0.39, 0.29) is 60.4 Å². The first kappa shape index (κ1) is 30.1. The number of esters is 2. The third kappa shape index (κ3) is 7.45. The molecular weight excluding hydrogens is 552 g/mol. The summed E-state index contributed by atoms with van der Waals surface area (Å²) in [7, 11) is 1.46. The first-order chi connectivity index (χ1) is 20.1. The van der Waals surface area contributed by atoms with E-state index in [1.54, 1.807) is 45.9 Å². The highest BCUT2D eigenvalue weighted by molar-refractivity contribution is 5.87. The second-order valence-corrected chi connectivity index (χ2v) is 9.32. The Morgan fingerprint density at radius 1 is 0.857 bits per heavy atom. The molecule has 0 N–H and O–H groups in total. The second-order valence-electron chi connectivity index (χ2n) is 9.32. The van der Waals surface area contributed by atoms with E-state index in [2.05, 4.69) is 0 Å². The Hall–Kier alpha value is -4.87. The molecule has 1 aliphatic rings. The summed E-state index contributed by atoms with van der Waals surface area (Å²) in [5.41, 5.74) is 0.174. The van der Waals surface area contributed by atoms with Crippen molar-refractivity contribution in [3.63, 3.8) is 0 Å². The summed E-state index contributed by atoms with van der Waals surface area (Å²) < 4.78 is 49.6. The van der Waals surface area contributed by atoms with Crippen molar-refractivity contribution in [2.45, 2.75) is 33.5 Å². The third-order valence-electron chi connectivity index (χ3n) is 5.75. The summed E-state index contributed by atoms with van der Waals surface area (Å²) in [6, 6.07) is 9.16. The largest absolute Gasteiger partial charge is 0.493 e. The van der Waals surface area contributed by atoms with Crippen LogP contribution in [0.4, 0.5) is 0 Å². The van der Waals surface area contributed by atoms with Crippen molar-refractivity contribution in [3.05, 3.63) is 58.6 Å². The maximum atomic E-state index is 13.3. The number of carbonyl (C=O) groups is 2. The van der Waals surface area contributed by atoms with Crippen LogP contribution >= 0.6 is 0 Å². The van der Waals surface area contributed by atoms with E-state index in [1.165, 1.54) is 31.6 Å². The zero-order valence-electron chi connectivity index (χ0n) is 24.0. The smallest absolute Gasteiger partial charge is 0.344 e. The minimum absolute atomic E-state index is 0.0236. The van der Waals surface area contributed by atoms with Crippen molar-refractivity contribution < 1.29 is 51.9 Å². The van der Waals surface area contributed by atoms with Crippen molar-refractivity contribution in [2.24, 2.45) is 0 Å². The van der Waals surface area contributed by atoms with Gasteiger partial charge >= 0.3 is 11.9 Å². The molecule has 0 saturated carbocycles. The molecule has 0 saturated heterocycles. The van der Waals surface area contributed by atoms with Crippen molar-refractivity contribution >= 4 is 22.9 Å². The topological polar surface area (TPSA) is 138 Å². The second kappa shape index (κ2) is 13.2. The van der Waals surface area contributed by atoms with Gasteiger partial charge in [0.15, 0.2) is 35.9 Å². The Balaban J connectivity index is 1.69. The highest BCUT2D eigenvalue weighted by Gasteiger charge is 2.28. The van der Waals surface area contributed by atoms with Crippen LogP contribution in [0.25, 0.3) is 22.3 Å². The van der Waals surface area contributed by atoms with Gasteiger partial charge in [0.1, 0.15) is 41.1 Å². The fourth-order valence-corrected chi connectivity index (χ4v) is 3.98. The van der Waals surface area contributed by atoms with Crippen LogP contribution in [-0.2, 0) is 28.5 Å². The third-order valence-corrected chi connectivity index (χ3v) is 5.75. The average molecular weight is 585 g/mol. The predicted molar refractivity (Wildman–Crippen MR) is 149 cm³/mol. The molecule has 12 heteroatoms. The van der Waals surface area contributed by atoms with Gasteiger partial charge in [0, 0.05) is 37.6 Å². The van der Waals surface area contributed by atoms with E-state index < -0.39 is 29.8 Å². The van der Waals surface area contributed by atoms with Crippen LogP contribution < -0.4 is 24.4 Å². The Kier molecular flexibility index (Phi) is 9.46. The highest BCUT2D eigenvalue weighted by atomic mass is 16.7. The Bertz CT molecular complexity index is 1540. The summed E-state index contributed by atoms with van der Waals surface area (Å²) in [5.74, 6) is -0.335. The summed E-state index contributed by atoms with van der Waals surface area (Å²) in [6.45, 7) is 6.55. The molecule has 0 radical (unpaired) electrons. The van der Waals surface area contributed by atoms with Crippen molar-refractivity contribution in [3.8, 4) is 34.3 Å². The summed E-state index contributed by atoms with van der Waals surface area (Å²) in [6.07, 6.45) is 1.46. The molecule has 42 heavy (non-hydrogen) atoms. The molecule has 1 aromatic heterocycles. The first-order valence-corrected chi connectivity index (χ1v) is 13.2. The summed E-state index contributed by atoms with van der Waals surface area (Å²) in [4.78, 5) is 37.1. The zero-order chi connectivity index (χ0) is 30.3. The minimum Gasteiger partial charge on any atom is -0.493 e. The molecule has 1 aliphatic heterocycles. The van der Waals surface area contributed by atoms with Crippen molar-refractivity contribution in [2.75, 3.05) is 40.1 Å². The number of hydrogen-bond donors (Lipinski definition) is 0. The van der Waals surface area contributed by atoms with E-state index in [0.29, 0.717) is 17.1 Å². The van der Waals surface area contributed by atoms with Gasteiger partial charge in [0.25, 0.3) is 0 Å². The van der Waals surface area contributed by atoms with E-state index in [1.807, 2.05) is 0 Å². The van der Waals surface area contributed by atoms with Gasteiger partial charge in [-0.25, -0.2) is 9.59 Å². The van der Waals surface area contributed by atoms with Gasteiger partial charge in [-0.05, 0) is 32.0 Å². The summed E-state index contributed by atoms with van der Waals surface area (Å²) in [5, 5.41) is 0.100. The number of methoxy groups -OCH3 is 1. The Morgan fingerprint density at radius 3 is 2.17 bits per heavy atom. The van der Waals surface area contributed by atoms with Gasteiger partial charge in [0.05, 0.1) is 20.3 Å². The number of rotatable bonds is 13. The highest BCUT2D eigenvalue weighted by Crippen LogP contribution is 2.36. The van der Waals surface area contributed by atoms with Crippen LogP contribution in [0.1, 0.15) is 27.7 Å². The fourth-order valence-electron chi connectivity index (χ4n) is 3.98. The van der Waals surface area contributed by atoms with Crippen molar-refractivity contribution in [1.29, 1.82) is 0 Å². The lowest BCUT2D eigenvalue weighted by molar-refractivity contribution is -0.146. The first-order valence-electron chi connectivity index (χ1n) is 13.2. The minimum atomic E-state index is -0.811. The van der Waals surface area contributed by atoms with Gasteiger partial charge < -0.3 is 42.3 Å². The lowest BCUT2D eigenvalue weighted by Crippen LogP contribution is -2.21. The zero-order valence-corrected chi connectivity index (χ0v) is 24.0. The fraction of sp³-hybridized carbons (Fsp3) is 0.367. The molecule has 2 aromatic carbocycles. The molecule has 0 fully saturated rings. The van der Waals surface area contributed by atoms with Crippen LogP contribution in [0.3, 0.4) is 0 Å². The van der Waals surface area contributed by atoms with Gasteiger partial charge in [-0.3, -0.25) is 4.79 Å². The molecule has 0 unspecified atom stereocenters. The molecule has 0 atom stereocenters. The van der Waals surface area contributed by atoms with Crippen LogP contribution in [0.15, 0.2) is 57.6 Å². The number of ether oxygens (including phenoxy) is 8. The molecule has 0 spiro atoms. The molecule has 0 bridgehead atoms. The maximum Gasteiger partial charge on any atom is 0.344 e. The number of fused-ring (bicyclic) bond motifs is 1. The van der Waals surface area contributed by atoms with E-state index in [0.717, 1.165) is 0 Å². The standard InChI is InChI=1S/C30H32O12/c1-6-35-27(32)16-38-24-10-18(8-9-22(24)34-5)23-13-21(31)29-25(39-17-28(33)36-7-2)11-19(12-26(29)41-23)37-14-20-15-40-30(3,4)42-20/h8-13,15H,6-7,14,16-17H2,1-5H3. The van der Waals surface area contributed by atoms with E-state index in [9.17, 15) is 14.4 Å². The van der Waals surface area contributed by atoms with E-state index >= 15 is 0 Å². The molecular formula is C30H32O12. The number of carbonyl (C=O) groups excluding carboxylic acids is 2. The van der Waals surface area contributed by atoms with Gasteiger partial charge in [0.2, 0.25) is 5.79 Å². The maximum absolute atomic E-state index is 13.3. The Morgan fingerprint density at radius 2 is 1.55 bits per heavy atom. The molecule has 12 nitrogen and oxygen atoms in total. The quantitative estimate of drug-likeness (QED) is 0.264. The Labute approximate surface area is 241 Å². The lowest BCUT2D eigenvalue weighted by Gasteiger charge is -2.18. The molecule has 0 amide bonds. The molecule has 3 aromatic rings. The van der Waals surface area contributed by atoms with Gasteiger partial charge in [-0.2, -0.15) is 0 Å². The van der Waals surface area contributed by atoms with Gasteiger partial charge in [-0.1, -0.05) is 0 Å². The van der Waals surface area contributed by atoms with E-state index in [4.69, 9.17) is 42.3 Å². The number of hydrogen-bond acceptors (Lipinski definition) is 12. The van der Waals surface area contributed by atoms with Crippen LogP contribution in [0, 0.1) is 0 Å².